The summed E-state index contributed by atoms with van der Waals surface area (Å²) >= 11 is 0. The number of benzene rings is 2. The van der Waals surface area contributed by atoms with Crippen LogP contribution in [-0.2, 0) is 19.0 Å². The van der Waals surface area contributed by atoms with Crippen LogP contribution in [0, 0.1) is 0 Å². The van der Waals surface area contributed by atoms with Crippen molar-refractivity contribution in [3.63, 3.8) is 0 Å². The van der Waals surface area contributed by atoms with E-state index in [0.29, 0.717) is 0 Å². The maximum atomic E-state index is 12.8. The number of nitrogens with zero attached hydrogens (tertiary/aromatic N) is 1. The molecular formula is C22H18F3N. The number of pyridine rings is 1. The van der Waals surface area contributed by atoms with E-state index < -0.39 is 11.7 Å². The number of alkyl halides is 3. The molecule has 1 nitrogen and oxygen atoms in total. The molecule has 26 heavy (non-hydrogen) atoms. The number of hydrogen-bond acceptors (Lipinski definition) is 1. The van der Waals surface area contributed by atoms with Gasteiger partial charge < -0.3 is 0 Å². The SMILES string of the molecule is FC(F)(F)c1ccc(-c2ncc(-c3ccccc3)c3c2CCCC3)cc1. The van der Waals surface area contributed by atoms with Gasteiger partial charge in [0.15, 0.2) is 0 Å². The Balaban J connectivity index is 1.81. The van der Waals surface area contributed by atoms with Crippen LogP contribution < -0.4 is 0 Å². The monoisotopic (exact) mass is 353 g/mol. The highest BCUT2D eigenvalue weighted by Gasteiger charge is 2.30. The van der Waals surface area contributed by atoms with Gasteiger partial charge in [-0.05, 0) is 54.5 Å². The number of hydrogen-bond donors (Lipinski definition) is 0. The van der Waals surface area contributed by atoms with E-state index in [4.69, 9.17) is 0 Å². The van der Waals surface area contributed by atoms with E-state index in [1.165, 1.54) is 23.3 Å². The minimum Gasteiger partial charge on any atom is -0.255 e. The Hall–Kier alpha value is -2.62. The highest BCUT2D eigenvalue weighted by atomic mass is 19.4. The Morgan fingerprint density at radius 1 is 0.731 bits per heavy atom. The maximum Gasteiger partial charge on any atom is 0.416 e. The molecule has 0 unspecified atom stereocenters. The molecule has 1 aromatic heterocycles. The molecule has 0 amide bonds. The lowest BCUT2D eigenvalue weighted by Gasteiger charge is -2.22. The minimum absolute atomic E-state index is 0.629. The Morgan fingerprint density at radius 3 is 2.04 bits per heavy atom. The van der Waals surface area contributed by atoms with E-state index in [0.717, 1.165) is 60.2 Å². The Labute approximate surface area is 150 Å². The molecule has 132 valence electrons. The second-order valence-corrected chi connectivity index (χ2v) is 6.63. The summed E-state index contributed by atoms with van der Waals surface area (Å²) in [5.41, 5.74) is 5.66. The van der Waals surface area contributed by atoms with Crippen LogP contribution in [0.3, 0.4) is 0 Å². The second-order valence-electron chi connectivity index (χ2n) is 6.63. The van der Waals surface area contributed by atoms with Gasteiger partial charge in [-0.1, -0.05) is 42.5 Å². The van der Waals surface area contributed by atoms with Crippen molar-refractivity contribution in [2.45, 2.75) is 31.9 Å². The summed E-state index contributed by atoms with van der Waals surface area (Å²) in [6.45, 7) is 0. The van der Waals surface area contributed by atoms with Crippen LogP contribution in [0.1, 0.15) is 29.5 Å². The fourth-order valence-electron chi connectivity index (χ4n) is 3.68. The molecule has 1 heterocycles. The zero-order valence-electron chi connectivity index (χ0n) is 14.2. The molecule has 0 aliphatic heterocycles. The summed E-state index contributed by atoms with van der Waals surface area (Å²) in [7, 11) is 0. The zero-order chi connectivity index (χ0) is 18.1. The predicted octanol–water partition coefficient (Wildman–Crippen LogP) is 6.31. The average Bonchev–Trinajstić information content (AvgIpc) is 2.67. The van der Waals surface area contributed by atoms with Gasteiger partial charge in [0.05, 0.1) is 11.3 Å². The largest absolute Gasteiger partial charge is 0.416 e. The summed E-state index contributed by atoms with van der Waals surface area (Å²) in [6.07, 6.45) is 1.66. The molecule has 3 aromatic rings. The normalized spacial score (nSPS) is 14.1. The maximum absolute atomic E-state index is 12.8. The molecule has 0 atom stereocenters. The Morgan fingerprint density at radius 2 is 1.38 bits per heavy atom. The number of fused-ring (bicyclic) bond motifs is 1. The van der Waals surface area contributed by atoms with Crippen molar-refractivity contribution in [2.75, 3.05) is 0 Å². The number of aromatic nitrogens is 1. The van der Waals surface area contributed by atoms with Crippen molar-refractivity contribution in [3.8, 4) is 22.4 Å². The summed E-state index contributed by atoms with van der Waals surface area (Å²) in [6, 6.07) is 15.5. The van der Waals surface area contributed by atoms with Gasteiger partial charge in [0, 0.05) is 17.3 Å². The third kappa shape index (κ3) is 3.12. The molecule has 0 spiro atoms. The summed E-state index contributed by atoms with van der Waals surface area (Å²) in [5, 5.41) is 0. The van der Waals surface area contributed by atoms with Crippen molar-refractivity contribution in [2.24, 2.45) is 0 Å². The predicted molar refractivity (Wildman–Crippen MR) is 96.8 cm³/mol. The van der Waals surface area contributed by atoms with Gasteiger partial charge in [-0.3, -0.25) is 4.98 Å². The first-order chi connectivity index (χ1) is 12.5. The van der Waals surface area contributed by atoms with Gasteiger partial charge in [-0.2, -0.15) is 13.2 Å². The van der Waals surface area contributed by atoms with Crippen molar-refractivity contribution in [3.05, 3.63) is 77.5 Å². The molecule has 0 fully saturated rings. The van der Waals surface area contributed by atoms with Crippen molar-refractivity contribution < 1.29 is 13.2 Å². The second kappa shape index (κ2) is 6.60. The summed E-state index contributed by atoms with van der Waals surface area (Å²) in [5.74, 6) is 0. The van der Waals surface area contributed by atoms with E-state index in [9.17, 15) is 13.2 Å². The lowest BCUT2D eigenvalue weighted by Crippen LogP contribution is -2.09. The first-order valence-corrected chi connectivity index (χ1v) is 8.78. The Bertz CT molecular complexity index is 913. The molecule has 1 aliphatic carbocycles. The standard InChI is InChI=1S/C22H18F3N/c23-22(24,25)17-12-10-16(11-13-17)21-19-9-5-4-8-18(19)20(14-26-21)15-6-2-1-3-7-15/h1-3,6-7,10-14H,4-5,8-9H2. The number of halogens is 3. The molecular weight excluding hydrogens is 335 g/mol. The molecule has 0 saturated carbocycles. The molecule has 2 aromatic carbocycles. The highest BCUT2D eigenvalue weighted by Crippen LogP contribution is 2.37. The number of rotatable bonds is 2. The van der Waals surface area contributed by atoms with Crippen LogP contribution in [0.4, 0.5) is 13.2 Å². The van der Waals surface area contributed by atoms with Crippen LogP contribution in [0.25, 0.3) is 22.4 Å². The molecule has 4 heteroatoms. The van der Waals surface area contributed by atoms with Crippen molar-refractivity contribution in [1.29, 1.82) is 0 Å². The van der Waals surface area contributed by atoms with E-state index in [2.05, 4.69) is 17.1 Å². The van der Waals surface area contributed by atoms with Gasteiger partial charge in [0.25, 0.3) is 0 Å². The van der Waals surface area contributed by atoms with Crippen molar-refractivity contribution in [1.82, 2.24) is 4.98 Å². The van der Waals surface area contributed by atoms with E-state index in [-0.39, 0.29) is 0 Å². The molecule has 0 N–H and O–H groups in total. The van der Waals surface area contributed by atoms with Gasteiger partial charge in [-0.15, -0.1) is 0 Å². The molecule has 4 rings (SSSR count). The van der Waals surface area contributed by atoms with Gasteiger partial charge >= 0.3 is 6.18 Å². The third-order valence-corrected chi connectivity index (χ3v) is 4.97. The quantitative estimate of drug-likeness (QED) is 0.526. The van der Waals surface area contributed by atoms with Gasteiger partial charge in [0.1, 0.15) is 0 Å². The van der Waals surface area contributed by atoms with Crippen LogP contribution in [0.5, 0.6) is 0 Å². The molecule has 0 radical (unpaired) electrons. The van der Waals surface area contributed by atoms with Crippen LogP contribution in [-0.4, -0.2) is 4.98 Å². The van der Waals surface area contributed by atoms with Crippen LogP contribution in [0.2, 0.25) is 0 Å². The first kappa shape index (κ1) is 16.8. The minimum atomic E-state index is -4.32. The highest BCUT2D eigenvalue weighted by molar-refractivity contribution is 5.74. The molecule has 0 saturated heterocycles. The van der Waals surface area contributed by atoms with Gasteiger partial charge in [0.2, 0.25) is 0 Å². The smallest absolute Gasteiger partial charge is 0.255 e. The first-order valence-electron chi connectivity index (χ1n) is 8.78. The lowest BCUT2D eigenvalue weighted by atomic mass is 9.84. The lowest BCUT2D eigenvalue weighted by molar-refractivity contribution is -0.137. The van der Waals surface area contributed by atoms with Crippen LogP contribution in [0.15, 0.2) is 60.8 Å². The van der Waals surface area contributed by atoms with E-state index >= 15 is 0 Å². The zero-order valence-corrected chi connectivity index (χ0v) is 14.2. The fourth-order valence-corrected chi connectivity index (χ4v) is 3.68. The Kier molecular flexibility index (Phi) is 4.27. The molecule has 0 bridgehead atoms. The summed E-state index contributed by atoms with van der Waals surface area (Å²) in [4.78, 5) is 4.65. The van der Waals surface area contributed by atoms with Crippen LogP contribution >= 0.6 is 0 Å². The van der Waals surface area contributed by atoms with Gasteiger partial charge in [-0.25, -0.2) is 0 Å². The van der Waals surface area contributed by atoms with Crippen molar-refractivity contribution >= 4 is 0 Å². The third-order valence-electron chi connectivity index (χ3n) is 4.97. The topological polar surface area (TPSA) is 12.9 Å². The molecule has 1 aliphatic rings. The average molecular weight is 353 g/mol. The fraction of sp³-hybridized carbons (Fsp3) is 0.227. The summed E-state index contributed by atoms with van der Waals surface area (Å²) < 4.78 is 38.5. The van der Waals surface area contributed by atoms with E-state index in [1.54, 1.807) is 0 Å². The van der Waals surface area contributed by atoms with E-state index in [1.807, 2.05) is 24.4 Å².